The van der Waals surface area contributed by atoms with Crippen molar-refractivity contribution in [2.45, 2.75) is 50.2 Å². The van der Waals surface area contributed by atoms with E-state index in [9.17, 15) is 18.0 Å². The first-order valence-electron chi connectivity index (χ1n) is 11.4. The molecule has 1 atom stereocenters. The molecule has 0 radical (unpaired) electrons. The van der Waals surface area contributed by atoms with Crippen molar-refractivity contribution in [3.63, 3.8) is 0 Å². The van der Waals surface area contributed by atoms with Gasteiger partial charge in [-0.25, -0.2) is 27.5 Å². The molecule has 2 aliphatic heterocycles. The molecule has 1 saturated heterocycles. The van der Waals surface area contributed by atoms with E-state index in [0.29, 0.717) is 18.2 Å². The Hall–Kier alpha value is -2.89. The minimum atomic E-state index is -3.50. The average molecular weight is 487 g/mol. The number of hydrogen-bond donors (Lipinski definition) is 0. The Morgan fingerprint density at radius 3 is 2.47 bits per heavy atom. The zero-order valence-electron chi connectivity index (χ0n) is 19.2. The predicted molar refractivity (Wildman–Crippen MR) is 124 cm³/mol. The second-order valence-electron chi connectivity index (χ2n) is 9.16. The largest absolute Gasteiger partial charge is 0.632 e. The summed E-state index contributed by atoms with van der Waals surface area (Å²) in [6.45, 7) is 4.07. The lowest BCUT2D eigenvalue weighted by atomic mass is 10.0. The van der Waals surface area contributed by atoms with Crippen LogP contribution in [0.5, 0.6) is 0 Å². The number of hydroxylamine groups is 3. The lowest BCUT2D eigenvalue weighted by Gasteiger charge is -2.48. The molecule has 34 heavy (non-hydrogen) atoms. The lowest BCUT2D eigenvalue weighted by molar-refractivity contribution is -0.925. The Morgan fingerprint density at radius 2 is 1.88 bits per heavy atom. The van der Waals surface area contributed by atoms with Crippen LogP contribution in [0.1, 0.15) is 36.6 Å². The van der Waals surface area contributed by atoms with Crippen LogP contribution in [0.25, 0.3) is 5.69 Å². The third-order valence-corrected chi connectivity index (χ3v) is 7.95. The molecule has 0 spiro atoms. The van der Waals surface area contributed by atoms with Crippen LogP contribution in [0.3, 0.4) is 0 Å². The maximum atomic E-state index is 14.6. The molecular formula is C23H27FN6O3S. The van der Waals surface area contributed by atoms with E-state index >= 15 is 0 Å². The topological polar surface area (TPSA) is 104 Å². The number of piperidine rings is 1. The first-order valence-corrected chi connectivity index (χ1v) is 13.3. The summed E-state index contributed by atoms with van der Waals surface area (Å²) in [5.41, 5.74) is 2.74. The summed E-state index contributed by atoms with van der Waals surface area (Å²) in [5.74, 6) is 0.0339. The fourth-order valence-corrected chi connectivity index (χ4v) is 5.46. The Morgan fingerprint density at radius 1 is 1.18 bits per heavy atom. The zero-order valence-corrected chi connectivity index (χ0v) is 20.0. The molecule has 1 aromatic carbocycles. The van der Waals surface area contributed by atoms with Crippen LogP contribution >= 0.6 is 0 Å². The number of quaternary nitrogens is 1. The highest BCUT2D eigenvalue weighted by Crippen LogP contribution is 2.36. The molecule has 2 aromatic heterocycles. The van der Waals surface area contributed by atoms with Gasteiger partial charge in [0.05, 0.1) is 16.5 Å². The maximum absolute atomic E-state index is 14.6. The monoisotopic (exact) mass is 486 g/mol. The minimum Gasteiger partial charge on any atom is -0.632 e. The van der Waals surface area contributed by atoms with Crippen LogP contribution in [0, 0.1) is 11.0 Å². The second kappa shape index (κ2) is 8.40. The van der Waals surface area contributed by atoms with Gasteiger partial charge in [-0.15, -0.1) is 0 Å². The minimum absolute atomic E-state index is 0.0420. The Kier molecular flexibility index (Phi) is 5.65. The van der Waals surface area contributed by atoms with Crippen molar-refractivity contribution in [3.8, 4) is 5.69 Å². The van der Waals surface area contributed by atoms with Gasteiger partial charge in [0.2, 0.25) is 5.95 Å². The number of aryl methyl sites for hydroxylation is 1. The van der Waals surface area contributed by atoms with E-state index in [1.54, 1.807) is 6.20 Å². The maximum Gasteiger partial charge on any atom is 0.225 e. The number of nitrogens with zero attached hydrogens (tertiary/aromatic N) is 6. The van der Waals surface area contributed by atoms with Gasteiger partial charge in [0, 0.05) is 50.8 Å². The van der Waals surface area contributed by atoms with Crippen LogP contribution in [0.15, 0.2) is 41.7 Å². The quantitative estimate of drug-likeness (QED) is 0.403. The van der Waals surface area contributed by atoms with E-state index in [1.807, 2.05) is 12.4 Å². The molecule has 2 aliphatic rings. The SMILES string of the molecule is CCc1cnc(N2CCC([N+]3([O-])Cc4cn(-c5ccc(S(C)(=O)=O)cc5F)nc4C3)CC2)nc1. The molecule has 4 heterocycles. The smallest absolute Gasteiger partial charge is 0.225 e. The molecule has 9 nitrogen and oxygen atoms in total. The van der Waals surface area contributed by atoms with Gasteiger partial charge in [-0.3, -0.25) is 0 Å². The van der Waals surface area contributed by atoms with E-state index < -0.39 is 15.7 Å². The van der Waals surface area contributed by atoms with E-state index in [-0.39, 0.29) is 27.8 Å². The van der Waals surface area contributed by atoms with E-state index in [1.165, 1.54) is 16.8 Å². The van der Waals surface area contributed by atoms with Gasteiger partial charge in [0.15, 0.2) is 9.84 Å². The third-order valence-electron chi connectivity index (χ3n) is 6.84. The molecule has 180 valence electrons. The molecular weight excluding hydrogens is 459 g/mol. The third kappa shape index (κ3) is 4.19. The van der Waals surface area contributed by atoms with Crippen molar-refractivity contribution in [2.75, 3.05) is 24.2 Å². The van der Waals surface area contributed by atoms with E-state index in [4.69, 9.17) is 0 Å². The Balaban J connectivity index is 1.26. The highest BCUT2D eigenvalue weighted by atomic mass is 32.2. The van der Waals surface area contributed by atoms with Gasteiger partial charge >= 0.3 is 0 Å². The van der Waals surface area contributed by atoms with Gasteiger partial charge in [-0.2, -0.15) is 5.10 Å². The number of sulfone groups is 1. The Labute approximate surface area is 197 Å². The molecule has 5 rings (SSSR count). The fourth-order valence-electron chi connectivity index (χ4n) is 4.82. The van der Waals surface area contributed by atoms with Crippen molar-refractivity contribution in [1.82, 2.24) is 19.7 Å². The van der Waals surface area contributed by atoms with Crippen LogP contribution in [-0.4, -0.2) is 58.2 Å². The summed E-state index contributed by atoms with van der Waals surface area (Å²) < 4.78 is 39.0. The summed E-state index contributed by atoms with van der Waals surface area (Å²) in [7, 11) is -3.50. The molecule has 11 heteroatoms. The van der Waals surface area contributed by atoms with Gasteiger partial charge in [0.1, 0.15) is 30.3 Å². The Bertz CT molecular complexity index is 1290. The predicted octanol–water partition coefficient (Wildman–Crippen LogP) is 2.76. The first-order chi connectivity index (χ1) is 16.2. The summed E-state index contributed by atoms with van der Waals surface area (Å²) in [4.78, 5) is 11.0. The summed E-state index contributed by atoms with van der Waals surface area (Å²) in [6, 6.07) is 3.72. The highest BCUT2D eigenvalue weighted by Gasteiger charge is 2.40. The van der Waals surface area contributed by atoms with Gasteiger partial charge in [0.25, 0.3) is 0 Å². The van der Waals surface area contributed by atoms with Crippen molar-refractivity contribution in [2.24, 2.45) is 0 Å². The molecule has 1 fully saturated rings. The van der Waals surface area contributed by atoms with Crippen molar-refractivity contribution >= 4 is 15.8 Å². The summed E-state index contributed by atoms with van der Waals surface area (Å²) in [6.07, 6.45) is 8.81. The fraction of sp³-hybridized carbons (Fsp3) is 0.435. The second-order valence-corrected chi connectivity index (χ2v) is 11.2. The summed E-state index contributed by atoms with van der Waals surface area (Å²) in [5, 5.41) is 18.1. The number of halogens is 1. The average Bonchev–Trinajstić information content (AvgIpc) is 3.34. The molecule has 0 amide bonds. The number of fused-ring (bicyclic) bond motifs is 1. The highest BCUT2D eigenvalue weighted by molar-refractivity contribution is 7.90. The standard InChI is InChI=1S/C23H27FN6O3S/c1-3-16-11-25-23(26-12-16)28-8-6-18(7-9-28)30(31)14-17-13-29(27-21(17)15-30)22-5-4-19(10-20(22)24)34(2,32)33/h4-5,10-13,18H,3,6-9,14-15H2,1-2H3. The van der Waals surface area contributed by atoms with E-state index in [0.717, 1.165) is 55.8 Å². The van der Waals surface area contributed by atoms with Crippen molar-refractivity contribution < 1.29 is 17.5 Å². The van der Waals surface area contributed by atoms with Crippen molar-refractivity contribution in [3.05, 3.63) is 64.6 Å². The molecule has 0 bridgehead atoms. The first kappa shape index (κ1) is 22.9. The normalized spacial score (nSPS) is 21.1. The van der Waals surface area contributed by atoms with Crippen molar-refractivity contribution in [1.29, 1.82) is 0 Å². The van der Waals surface area contributed by atoms with Gasteiger partial charge in [-0.1, -0.05) is 6.92 Å². The summed E-state index contributed by atoms with van der Waals surface area (Å²) >= 11 is 0. The van der Waals surface area contributed by atoms with Crippen LogP contribution in [0.2, 0.25) is 0 Å². The van der Waals surface area contributed by atoms with Crippen LogP contribution < -0.4 is 4.90 Å². The molecule has 0 aliphatic carbocycles. The number of aromatic nitrogens is 4. The van der Waals surface area contributed by atoms with E-state index in [2.05, 4.69) is 26.9 Å². The molecule has 0 N–H and O–H groups in total. The lowest BCUT2D eigenvalue weighted by Crippen LogP contribution is -2.52. The molecule has 1 unspecified atom stereocenters. The number of rotatable bonds is 5. The van der Waals surface area contributed by atoms with Crippen LogP contribution in [-0.2, 0) is 29.3 Å². The van der Waals surface area contributed by atoms with Crippen LogP contribution in [0.4, 0.5) is 10.3 Å². The number of anilines is 1. The molecule has 3 aromatic rings. The zero-order chi connectivity index (χ0) is 24.1. The number of benzene rings is 1. The number of hydrogen-bond acceptors (Lipinski definition) is 7. The van der Waals surface area contributed by atoms with Gasteiger partial charge < -0.3 is 14.8 Å². The van der Waals surface area contributed by atoms with Gasteiger partial charge in [-0.05, 0) is 30.2 Å². The molecule has 0 saturated carbocycles.